The Morgan fingerprint density at radius 2 is 2.16 bits per heavy atom. The van der Waals surface area contributed by atoms with Gasteiger partial charge < -0.3 is 10.2 Å². The minimum absolute atomic E-state index is 0.470. The standard InChI is InChI=1S/C15H15N3O/c1-2-12(8-14-10-17-11-19-14)9-18-15(16)13-6-4-3-5-7-13/h2-7,9-11H,1,8H2,(H2,16,18)/b12-9+. The fourth-order valence-electron chi connectivity index (χ4n) is 1.54. The average molecular weight is 253 g/mol. The highest BCUT2D eigenvalue weighted by molar-refractivity contribution is 5.97. The molecule has 0 aliphatic heterocycles. The van der Waals surface area contributed by atoms with Gasteiger partial charge in [0, 0.05) is 18.2 Å². The molecule has 0 saturated heterocycles. The Morgan fingerprint density at radius 1 is 1.37 bits per heavy atom. The number of aromatic nitrogens is 1. The highest BCUT2D eigenvalue weighted by atomic mass is 16.3. The van der Waals surface area contributed by atoms with Crippen molar-refractivity contribution in [3.05, 3.63) is 78.7 Å². The van der Waals surface area contributed by atoms with Crippen LogP contribution in [0.1, 0.15) is 11.3 Å². The van der Waals surface area contributed by atoms with Crippen molar-refractivity contribution in [3.63, 3.8) is 0 Å². The number of nitrogens with zero attached hydrogens (tertiary/aromatic N) is 2. The van der Waals surface area contributed by atoms with Gasteiger partial charge in [-0.1, -0.05) is 43.0 Å². The van der Waals surface area contributed by atoms with E-state index in [9.17, 15) is 0 Å². The SMILES string of the molecule is C=C/C(=C\N=C(/N)c1ccccc1)Cc1cnco1. The first-order valence-corrected chi connectivity index (χ1v) is 5.87. The van der Waals surface area contributed by atoms with Crippen LogP contribution >= 0.6 is 0 Å². The fraction of sp³-hybridized carbons (Fsp3) is 0.0667. The van der Waals surface area contributed by atoms with Crippen molar-refractivity contribution in [2.75, 3.05) is 0 Å². The molecule has 1 aromatic carbocycles. The summed E-state index contributed by atoms with van der Waals surface area (Å²) in [6.07, 6.45) is 7.08. The van der Waals surface area contributed by atoms with Crippen LogP contribution in [-0.4, -0.2) is 10.8 Å². The fourth-order valence-corrected chi connectivity index (χ4v) is 1.54. The van der Waals surface area contributed by atoms with Crippen molar-refractivity contribution in [2.24, 2.45) is 10.7 Å². The van der Waals surface area contributed by atoms with Crippen molar-refractivity contribution in [3.8, 4) is 0 Å². The van der Waals surface area contributed by atoms with Gasteiger partial charge >= 0.3 is 0 Å². The normalized spacial score (nSPS) is 12.4. The Morgan fingerprint density at radius 3 is 2.79 bits per heavy atom. The molecule has 0 aliphatic carbocycles. The summed E-state index contributed by atoms with van der Waals surface area (Å²) in [5, 5.41) is 0. The van der Waals surface area contributed by atoms with Crippen LogP contribution in [0.5, 0.6) is 0 Å². The van der Waals surface area contributed by atoms with Crippen molar-refractivity contribution >= 4 is 5.84 Å². The van der Waals surface area contributed by atoms with Crippen LogP contribution in [0.15, 0.2) is 76.8 Å². The molecule has 4 heteroatoms. The Hall–Kier alpha value is -2.62. The molecule has 0 bridgehead atoms. The third-order valence-electron chi connectivity index (χ3n) is 2.56. The zero-order valence-electron chi connectivity index (χ0n) is 10.5. The van der Waals surface area contributed by atoms with Crippen LogP contribution in [-0.2, 0) is 6.42 Å². The number of rotatable bonds is 5. The zero-order valence-corrected chi connectivity index (χ0v) is 10.5. The number of benzene rings is 1. The van der Waals surface area contributed by atoms with E-state index in [0.29, 0.717) is 12.3 Å². The van der Waals surface area contributed by atoms with Crippen LogP contribution in [0.4, 0.5) is 0 Å². The second-order valence-corrected chi connectivity index (χ2v) is 3.93. The molecule has 96 valence electrons. The van der Waals surface area contributed by atoms with E-state index in [2.05, 4.69) is 16.6 Å². The Balaban J connectivity index is 2.12. The predicted octanol–water partition coefficient (Wildman–Crippen LogP) is 2.69. The van der Waals surface area contributed by atoms with E-state index in [0.717, 1.165) is 16.9 Å². The minimum atomic E-state index is 0.470. The third-order valence-corrected chi connectivity index (χ3v) is 2.56. The lowest BCUT2D eigenvalue weighted by molar-refractivity contribution is 0.514. The molecular formula is C15H15N3O. The zero-order chi connectivity index (χ0) is 13.5. The largest absolute Gasteiger partial charge is 0.448 e. The summed E-state index contributed by atoms with van der Waals surface area (Å²) in [7, 11) is 0. The lowest BCUT2D eigenvalue weighted by Crippen LogP contribution is -2.12. The van der Waals surface area contributed by atoms with Crippen molar-refractivity contribution in [2.45, 2.75) is 6.42 Å². The Bertz CT molecular complexity index is 583. The maximum absolute atomic E-state index is 5.91. The van der Waals surface area contributed by atoms with Gasteiger partial charge in [0.2, 0.25) is 0 Å². The van der Waals surface area contributed by atoms with Crippen molar-refractivity contribution in [1.82, 2.24) is 4.98 Å². The van der Waals surface area contributed by atoms with E-state index in [-0.39, 0.29) is 0 Å². The third kappa shape index (κ3) is 3.67. The van der Waals surface area contributed by atoms with Crippen LogP contribution in [0.2, 0.25) is 0 Å². The minimum Gasteiger partial charge on any atom is -0.448 e. The average Bonchev–Trinajstić information content (AvgIpc) is 2.97. The maximum Gasteiger partial charge on any atom is 0.180 e. The molecule has 2 N–H and O–H groups in total. The summed E-state index contributed by atoms with van der Waals surface area (Å²) in [6, 6.07) is 9.60. The first-order valence-electron chi connectivity index (χ1n) is 5.87. The van der Waals surface area contributed by atoms with E-state index < -0.39 is 0 Å². The van der Waals surface area contributed by atoms with E-state index in [4.69, 9.17) is 10.2 Å². The van der Waals surface area contributed by atoms with Gasteiger partial charge in [0.1, 0.15) is 11.6 Å². The van der Waals surface area contributed by atoms with E-state index in [1.54, 1.807) is 18.5 Å². The van der Waals surface area contributed by atoms with Crippen molar-refractivity contribution in [1.29, 1.82) is 0 Å². The Labute approximate surface area is 112 Å². The molecule has 0 spiro atoms. The van der Waals surface area contributed by atoms with Crippen LogP contribution in [0, 0.1) is 0 Å². The van der Waals surface area contributed by atoms with Gasteiger partial charge in [0.15, 0.2) is 6.39 Å². The summed E-state index contributed by atoms with van der Waals surface area (Å²) in [4.78, 5) is 8.11. The second-order valence-electron chi connectivity index (χ2n) is 3.93. The first kappa shape index (κ1) is 12.8. The summed E-state index contributed by atoms with van der Waals surface area (Å²) in [6.45, 7) is 3.75. The molecule has 0 atom stereocenters. The number of amidine groups is 1. The van der Waals surface area contributed by atoms with Crippen LogP contribution in [0.3, 0.4) is 0 Å². The summed E-state index contributed by atoms with van der Waals surface area (Å²) < 4.78 is 5.18. The summed E-state index contributed by atoms with van der Waals surface area (Å²) >= 11 is 0. The molecule has 19 heavy (non-hydrogen) atoms. The van der Waals surface area contributed by atoms with Gasteiger partial charge in [-0.2, -0.15) is 0 Å². The van der Waals surface area contributed by atoms with Gasteiger partial charge in [-0.05, 0) is 5.57 Å². The molecule has 2 rings (SSSR count). The molecule has 0 fully saturated rings. The lowest BCUT2D eigenvalue weighted by atomic mass is 10.2. The molecule has 0 aliphatic rings. The molecule has 0 saturated carbocycles. The smallest absolute Gasteiger partial charge is 0.180 e. The van der Waals surface area contributed by atoms with Crippen LogP contribution < -0.4 is 5.73 Å². The van der Waals surface area contributed by atoms with E-state index >= 15 is 0 Å². The topological polar surface area (TPSA) is 64.4 Å². The molecule has 0 unspecified atom stereocenters. The molecule has 4 nitrogen and oxygen atoms in total. The number of hydrogen-bond acceptors (Lipinski definition) is 3. The molecule has 1 aromatic heterocycles. The van der Waals surface area contributed by atoms with Crippen LogP contribution in [0.25, 0.3) is 0 Å². The number of aliphatic imine (C=N–C) groups is 1. The van der Waals surface area contributed by atoms with Gasteiger partial charge in [-0.3, -0.25) is 0 Å². The van der Waals surface area contributed by atoms with E-state index in [1.807, 2.05) is 30.3 Å². The summed E-state index contributed by atoms with van der Waals surface area (Å²) in [5.74, 6) is 1.23. The number of allylic oxidation sites excluding steroid dienone is 2. The Kier molecular flexibility index (Phi) is 4.29. The van der Waals surface area contributed by atoms with E-state index in [1.165, 1.54) is 6.39 Å². The van der Waals surface area contributed by atoms with Crippen molar-refractivity contribution < 1.29 is 4.42 Å². The van der Waals surface area contributed by atoms with Gasteiger partial charge in [-0.15, -0.1) is 0 Å². The lowest BCUT2D eigenvalue weighted by Gasteiger charge is -1.99. The number of oxazole rings is 1. The maximum atomic E-state index is 5.91. The quantitative estimate of drug-likeness (QED) is 0.506. The van der Waals surface area contributed by atoms with Gasteiger partial charge in [-0.25, -0.2) is 9.98 Å². The molecule has 1 heterocycles. The molecule has 0 amide bonds. The number of nitrogens with two attached hydrogens (primary N) is 1. The second kappa shape index (κ2) is 6.35. The molecular weight excluding hydrogens is 238 g/mol. The highest BCUT2D eigenvalue weighted by Crippen LogP contribution is 2.08. The van der Waals surface area contributed by atoms with Gasteiger partial charge in [0.25, 0.3) is 0 Å². The monoisotopic (exact) mass is 253 g/mol. The summed E-state index contributed by atoms with van der Waals surface area (Å²) in [5.41, 5.74) is 7.71. The number of hydrogen-bond donors (Lipinski definition) is 1. The highest BCUT2D eigenvalue weighted by Gasteiger charge is 2.00. The molecule has 2 aromatic rings. The predicted molar refractivity (Wildman–Crippen MR) is 75.7 cm³/mol. The van der Waals surface area contributed by atoms with Gasteiger partial charge in [0.05, 0.1) is 6.20 Å². The molecule has 0 radical (unpaired) electrons. The first-order chi connectivity index (χ1) is 9.29.